The summed E-state index contributed by atoms with van der Waals surface area (Å²) >= 11 is 0. The van der Waals surface area contributed by atoms with Crippen molar-refractivity contribution in [1.82, 2.24) is 9.80 Å². The van der Waals surface area contributed by atoms with Gasteiger partial charge in [0.05, 0.1) is 24.8 Å². The second-order valence-corrected chi connectivity index (χ2v) is 8.58. The highest BCUT2D eigenvalue weighted by Crippen LogP contribution is 2.42. The van der Waals surface area contributed by atoms with Gasteiger partial charge in [-0.15, -0.1) is 0 Å². The Balaban J connectivity index is 2.08. The summed E-state index contributed by atoms with van der Waals surface area (Å²) in [5.41, 5.74) is 1.16. The zero-order valence-electron chi connectivity index (χ0n) is 19.9. The summed E-state index contributed by atoms with van der Waals surface area (Å²) in [7, 11) is 5.46. The Bertz CT molecular complexity index is 1030. The Morgan fingerprint density at radius 3 is 2.36 bits per heavy atom. The van der Waals surface area contributed by atoms with Crippen LogP contribution in [0.3, 0.4) is 0 Å². The molecule has 1 saturated heterocycles. The molecule has 1 aliphatic heterocycles. The molecule has 0 aromatic heterocycles. The van der Waals surface area contributed by atoms with Crippen LogP contribution < -0.4 is 9.47 Å². The Labute approximate surface area is 195 Å². The van der Waals surface area contributed by atoms with Crippen LogP contribution in [0.4, 0.5) is 0 Å². The molecule has 33 heavy (non-hydrogen) atoms. The number of carbonyl (C=O) groups is 2. The van der Waals surface area contributed by atoms with Gasteiger partial charge in [0, 0.05) is 17.7 Å². The maximum atomic E-state index is 13.1. The second kappa shape index (κ2) is 10.5. The number of ether oxygens (including phenoxy) is 2. The lowest BCUT2D eigenvalue weighted by Gasteiger charge is -2.27. The SMILES string of the molecule is COc1ccccc1[C@@H]1C(=C(O)c2ccc(OC(C)C)cc2)C(=O)C(=O)N1CCCN(C)C. The number of hydrogen-bond acceptors (Lipinski definition) is 6. The standard InChI is InChI=1S/C26H32N2O5/c1-17(2)33-19-13-11-18(12-14-19)24(29)22-23(20-9-6-7-10-21(20)32-5)28(26(31)25(22)30)16-8-15-27(3)4/h6-7,9-14,17,23,29H,8,15-16H2,1-5H3/t23-/m1/s1. The van der Waals surface area contributed by atoms with Gasteiger partial charge < -0.3 is 24.4 Å². The van der Waals surface area contributed by atoms with Crippen LogP contribution >= 0.6 is 0 Å². The van der Waals surface area contributed by atoms with Gasteiger partial charge in [0.25, 0.3) is 11.7 Å². The molecule has 7 heteroatoms. The van der Waals surface area contributed by atoms with E-state index in [2.05, 4.69) is 0 Å². The van der Waals surface area contributed by atoms with Gasteiger partial charge in [0.2, 0.25) is 0 Å². The van der Waals surface area contributed by atoms with Crippen LogP contribution in [-0.2, 0) is 9.59 Å². The van der Waals surface area contributed by atoms with E-state index in [0.29, 0.717) is 35.6 Å². The van der Waals surface area contributed by atoms with Crippen molar-refractivity contribution in [2.45, 2.75) is 32.4 Å². The number of ketones is 1. The van der Waals surface area contributed by atoms with Crippen molar-refractivity contribution >= 4 is 17.4 Å². The molecule has 1 heterocycles. The van der Waals surface area contributed by atoms with Crippen molar-refractivity contribution in [1.29, 1.82) is 0 Å². The maximum Gasteiger partial charge on any atom is 0.295 e. The minimum atomic E-state index is -0.741. The summed E-state index contributed by atoms with van der Waals surface area (Å²) < 4.78 is 11.2. The van der Waals surface area contributed by atoms with Crippen LogP contribution in [0.15, 0.2) is 54.1 Å². The maximum absolute atomic E-state index is 13.1. The van der Waals surface area contributed by atoms with Crippen molar-refractivity contribution < 1.29 is 24.2 Å². The Hall–Kier alpha value is -3.32. The summed E-state index contributed by atoms with van der Waals surface area (Å²) in [6.07, 6.45) is 0.704. The average molecular weight is 453 g/mol. The highest BCUT2D eigenvalue weighted by Gasteiger charge is 2.46. The number of hydrogen-bond donors (Lipinski definition) is 1. The van der Waals surface area contributed by atoms with Crippen molar-refractivity contribution in [2.24, 2.45) is 0 Å². The monoisotopic (exact) mass is 452 g/mol. The highest BCUT2D eigenvalue weighted by molar-refractivity contribution is 6.46. The Morgan fingerprint density at radius 1 is 1.09 bits per heavy atom. The highest BCUT2D eigenvalue weighted by atomic mass is 16.5. The average Bonchev–Trinajstić information content (AvgIpc) is 3.03. The summed E-state index contributed by atoms with van der Waals surface area (Å²) in [4.78, 5) is 29.7. The molecular formula is C26H32N2O5. The lowest BCUT2D eigenvalue weighted by molar-refractivity contribution is -0.140. The molecule has 1 fully saturated rings. The molecule has 1 aliphatic rings. The quantitative estimate of drug-likeness (QED) is 0.354. The number of likely N-dealkylation sites (tertiary alicyclic amines) is 1. The van der Waals surface area contributed by atoms with E-state index in [1.165, 1.54) is 4.90 Å². The Morgan fingerprint density at radius 2 is 1.76 bits per heavy atom. The van der Waals surface area contributed by atoms with Gasteiger partial charge in [-0.25, -0.2) is 0 Å². The van der Waals surface area contributed by atoms with Crippen LogP contribution in [0.1, 0.15) is 37.4 Å². The fourth-order valence-electron chi connectivity index (χ4n) is 4.00. The Kier molecular flexibility index (Phi) is 7.76. The van der Waals surface area contributed by atoms with Crippen molar-refractivity contribution in [2.75, 3.05) is 34.3 Å². The first-order valence-electron chi connectivity index (χ1n) is 11.1. The smallest absolute Gasteiger partial charge is 0.295 e. The van der Waals surface area contributed by atoms with Gasteiger partial charge >= 0.3 is 0 Å². The van der Waals surface area contributed by atoms with E-state index in [1.54, 1.807) is 37.4 Å². The molecule has 0 spiro atoms. The topological polar surface area (TPSA) is 79.3 Å². The zero-order chi connectivity index (χ0) is 24.1. The lowest BCUT2D eigenvalue weighted by atomic mass is 9.94. The third-order valence-electron chi connectivity index (χ3n) is 5.48. The van der Waals surface area contributed by atoms with Crippen LogP contribution in [0.5, 0.6) is 11.5 Å². The molecule has 0 radical (unpaired) electrons. The molecule has 0 aliphatic carbocycles. The summed E-state index contributed by atoms with van der Waals surface area (Å²) in [5.74, 6) is -0.322. The predicted octanol–water partition coefficient (Wildman–Crippen LogP) is 3.86. The zero-order valence-corrected chi connectivity index (χ0v) is 19.9. The van der Waals surface area contributed by atoms with Crippen molar-refractivity contribution in [3.8, 4) is 11.5 Å². The van der Waals surface area contributed by atoms with Crippen LogP contribution in [0, 0.1) is 0 Å². The minimum Gasteiger partial charge on any atom is -0.507 e. The molecule has 0 unspecified atom stereocenters. The number of Topliss-reactive ketones (excluding diaryl/α,β-unsaturated/α-hetero) is 1. The van der Waals surface area contributed by atoms with Gasteiger partial charge in [-0.3, -0.25) is 9.59 Å². The van der Waals surface area contributed by atoms with Crippen molar-refractivity contribution in [3.05, 3.63) is 65.2 Å². The molecule has 2 aromatic carbocycles. The summed E-state index contributed by atoms with van der Waals surface area (Å²) in [6.45, 7) is 5.00. The van der Waals surface area contributed by atoms with E-state index < -0.39 is 17.7 Å². The number of amides is 1. The molecule has 1 amide bonds. The molecule has 176 valence electrons. The molecule has 7 nitrogen and oxygen atoms in total. The molecule has 0 bridgehead atoms. The van der Waals surface area contributed by atoms with Crippen LogP contribution in [0.25, 0.3) is 5.76 Å². The van der Waals surface area contributed by atoms with E-state index >= 15 is 0 Å². The molecular weight excluding hydrogens is 420 g/mol. The number of aliphatic hydroxyl groups excluding tert-OH is 1. The van der Waals surface area contributed by atoms with Crippen LogP contribution in [0.2, 0.25) is 0 Å². The van der Waals surface area contributed by atoms with E-state index in [0.717, 1.165) is 6.54 Å². The second-order valence-electron chi connectivity index (χ2n) is 8.58. The third-order valence-corrected chi connectivity index (χ3v) is 5.48. The largest absolute Gasteiger partial charge is 0.507 e. The molecule has 2 aromatic rings. The van der Waals surface area contributed by atoms with Gasteiger partial charge in [-0.1, -0.05) is 18.2 Å². The normalized spacial score (nSPS) is 17.8. The number of benzene rings is 2. The fourth-order valence-corrected chi connectivity index (χ4v) is 4.00. The summed E-state index contributed by atoms with van der Waals surface area (Å²) in [6, 6.07) is 13.4. The molecule has 3 rings (SSSR count). The molecule has 0 saturated carbocycles. The summed E-state index contributed by atoms with van der Waals surface area (Å²) in [5, 5.41) is 11.2. The lowest BCUT2D eigenvalue weighted by Crippen LogP contribution is -2.32. The number of aliphatic hydroxyl groups is 1. The van der Waals surface area contributed by atoms with Gasteiger partial charge in [0.1, 0.15) is 17.3 Å². The first-order chi connectivity index (χ1) is 15.7. The van der Waals surface area contributed by atoms with E-state index in [4.69, 9.17) is 9.47 Å². The van der Waals surface area contributed by atoms with Crippen LogP contribution in [-0.4, -0.2) is 67.0 Å². The van der Waals surface area contributed by atoms with E-state index in [-0.39, 0.29) is 17.4 Å². The number of para-hydroxylation sites is 1. The van der Waals surface area contributed by atoms with E-state index in [1.807, 2.05) is 51.0 Å². The number of nitrogens with zero attached hydrogens (tertiary/aromatic N) is 2. The van der Waals surface area contributed by atoms with Crippen molar-refractivity contribution in [3.63, 3.8) is 0 Å². The molecule has 1 N–H and O–H groups in total. The first-order valence-corrected chi connectivity index (χ1v) is 11.1. The third kappa shape index (κ3) is 5.37. The first kappa shape index (κ1) is 24.3. The van der Waals surface area contributed by atoms with E-state index in [9.17, 15) is 14.7 Å². The predicted molar refractivity (Wildman–Crippen MR) is 127 cm³/mol. The van der Waals surface area contributed by atoms with Gasteiger partial charge in [-0.05, 0) is 71.2 Å². The molecule has 1 atom stereocenters. The van der Waals surface area contributed by atoms with Gasteiger partial charge in [-0.2, -0.15) is 0 Å². The minimum absolute atomic E-state index is 0.0162. The number of methoxy groups -OCH3 is 1. The number of rotatable bonds is 9. The fraction of sp³-hybridized carbons (Fsp3) is 0.385. The number of carbonyl (C=O) groups excluding carboxylic acids is 2. The van der Waals surface area contributed by atoms with Gasteiger partial charge in [0.15, 0.2) is 0 Å².